The fourth-order valence-electron chi connectivity index (χ4n) is 2.97. The van der Waals surface area contributed by atoms with E-state index in [4.69, 9.17) is 0 Å². The first kappa shape index (κ1) is 12.8. The highest BCUT2D eigenvalue weighted by Gasteiger charge is 2.26. The molecular formula is C18H20P. The Morgan fingerprint density at radius 1 is 1.00 bits per heavy atom. The average molecular weight is 267 g/mol. The summed E-state index contributed by atoms with van der Waals surface area (Å²) in [5.74, 6) is 3.96. The van der Waals surface area contributed by atoms with Crippen LogP contribution in [0.1, 0.15) is 43.1 Å². The zero-order valence-electron chi connectivity index (χ0n) is 11.7. The van der Waals surface area contributed by atoms with Gasteiger partial charge in [0.15, 0.2) is 0 Å². The second kappa shape index (κ2) is 5.39. The first-order valence-electron chi connectivity index (χ1n) is 7.18. The molecule has 0 saturated heterocycles. The fraction of sp³-hybridized carbons (Fsp3) is 0.278. The lowest BCUT2D eigenvalue weighted by atomic mass is 9.91. The zero-order valence-corrected chi connectivity index (χ0v) is 12.6. The summed E-state index contributed by atoms with van der Waals surface area (Å²) in [7, 11) is -0.0658. The van der Waals surface area contributed by atoms with Crippen molar-refractivity contribution in [1.29, 1.82) is 0 Å². The molecular weight excluding hydrogens is 247 g/mol. The number of rotatable bonds is 4. The molecule has 0 nitrogen and oxygen atoms in total. The Morgan fingerprint density at radius 3 is 2.63 bits per heavy atom. The normalized spacial score (nSPS) is 15.5. The van der Waals surface area contributed by atoms with Crippen molar-refractivity contribution in [1.82, 2.24) is 0 Å². The maximum atomic E-state index is 2.41. The maximum Gasteiger partial charge on any atom is 0.0355 e. The van der Waals surface area contributed by atoms with E-state index in [1.54, 1.807) is 11.2 Å². The molecule has 2 aromatic rings. The Balaban J connectivity index is 2.07. The molecule has 1 aromatic heterocycles. The number of benzene rings is 1. The van der Waals surface area contributed by atoms with Gasteiger partial charge in [-0.25, -0.2) is 0 Å². The van der Waals surface area contributed by atoms with Gasteiger partial charge in [-0.3, -0.25) is 0 Å². The molecule has 0 aliphatic heterocycles. The van der Waals surface area contributed by atoms with Crippen molar-refractivity contribution in [2.45, 2.75) is 32.9 Å². The molecule has 1 atom stereocenters. The Labute approximate surface area is 117 Å². The SMILES string of the molecule is CCC[C]1C(c2cccp2CC)=Cc2ccccc21. The van der Waals surface area contributed by atoms with Crippen molar-refractivity contribution in [2.24, 2.45) is 0 Å². The van der Waals surface area contributed by atoms with E-state index in [-0.39, 0.29) is 7.53 Å². The third-order valence-electron chi connectivity index (χ3n) is 3.86. The lowest BCUT2D eigenvalue weighted by Crippen LogP contribution is -1.98. The summed E-state index contributed by atoms with van der Waals surface area (Å²) in [6.45, 7) is 4.58. The van der Waals surface area contributed by atoms with Gasteiger partial charge >= 0.3 is 0 Å². The van der Waals surface area contributed by atoms with E-state index in [1.807, 2.05) is 0 Å². The highest BCUT2D eigenvalue weighted by atomic mass is 31.1. The predicted molar refractivity (Wildman–Crippen MR) is 86.4 cm³/mol. The largest absolute Gasteiger partial charge is 0.117 e. The Hall–Kier alpha value is -1.26. The van der Waals surface area contributed by atoms with Crippen LogP contribution in [-0.4, -0.2) is 0 Å². The molecule has 0 bridgehead atoms. The van der Waals surface area contributed by atoms with Gasteiger partial charge < -0.3 is 0 Å². The van der Waals surface area contributed by atoms with Crippen LogP contribution in [0.15, 0.2) is 42.2 Å². The van der Waals surface area contributed by atoms with E-state index >= 15 is 0 Å². The van der Waals surface area contributed by atoms with E-state index < -0.39 is 0 Å². The summed E-state index contributed by atoms with van der Waals surface area (Å²) in [6.07, 6.45) is 6.06. The van der Waals surface area contributed by atoms with Gasteiger partial charge in [-0.05, 0) is 46.5 Å². The van der Waals surface area contributed by atoms with Gasteiger partial charge in [-0.1, -0.05) is 56.7 Å². The summed E-state index contributed by atoms with van der Waals surface area (Å²) < 4.78 is 0. The first-order valence-corrected chi connectivity index (χ1v) is 8.77. The molecule has 0 saturated carbocycles. The molecule has 1 aliphatic rings. The molecule has 97 valence electrons. The van der Waals surface area contributed by atoms with Crippen LogP contribution in [0.5, 0.6) is 0 Å². The predicted octanol–water partition coefficient (Wildman–Crippen LogP) is 5.97. The lowest BCUT2D eigenvalue weighted by Gasteiger charge is -2.16. The van der Waals surface area contributed by atoms with Crippen molar-refractivity contribution in [3.63, 3.8) is 0 Å². The van der Waals surface area contributed by atoms with E-state index in [1.165, 1.54) is 35.7 Å². The topological polar surface area (TPSA) is 0 Å². The summed E-state index contributed by atoms with van der Waals surface area (Å²) in [6, 6.07) is 13.4. The monoisotopic (exact) mass is 267 g/mol. The van der Waals surface area contributed by atoms with Gasteiger partial charge in [-0.2, -0.15) is 0 Å². The van der Waals surface area contributed by atoms with E-state index in [0.717, 1.165) is 0 Å². The van der Waals surface area contributed by atoms with Crippen molar-refractivity contribution in [3.05, 3.63) is 64.5 Å². The van der Waals surface area contributed by atoms with Crippen molar-refractivity contribution < 1.29 is 0 Å². The van der Waals surface area contributed by atoms with Gasteiger partial charge in [0.1, 0.15) is 0 Å². The maximum absolute atomic E-state index is 2.41. The third kappa shape index (κ3) is 2.19. The minimum Gasteiger partial charge on any atom is -0.117 e. The lowest BCUT2D eigenvalue weighted by molar-refractivity contribution is 0.873. The summed E-state index contributed by atoms with van der Waals surface area (Å²) in [4.78, 5) is 0. The van der Waals surface area contributed by atoms with Gasteiger partial charge in [0.05, 0.1) is 0 Å². The average Bonchev–Trinajstić information content (AvgIpc) is 3.03. The molecule has 0 amide bonds. The number of allylic oxidation sites excluding steroid dienone is 1. The molecule has 0 N–H and O–H groups in total. The van der Waals surface area contributed by atoms with Crippen LogP contribution in [0.3, 0.4) is 0 Å². The summed E-state index contributed by atoms with van der Waals surface area (Å²) in [5.41, 5.74) is 4.37. The van der Waals surface area contributed by atoms with Gasteiger partial charge in [0, 0.05) is 5.92 Å². The Morgan fingerprint density at radius 2 is 1.84 bits per heavy atom. The summed E-state index contributed by atoms with van der Waals surface area (Å²) in [5, 5.41) is 1.58. The molecule has 19 heavy (non-hydrogen) atoms. The zero-order chi connectivity index (χ0) is 13.2. The molecule has 1 heteroatoms. The van der Waals surface area contributed by atoms with Crippen LogP contribution in [-0.2, 0) is 6.16 Å². The molecule has 1 radical (unpaired) electrons. The molecule has 1 aliphatic carbocycles. The van der Waals surface area contributed by atoms with Crippen LogP contribution in [0, 0.1) is 5.92 Å². The first-order chi connectivity index (χ1) is 9.35. The van der Waals surface area contributed by atoms with Crippen molar-refractivity contribution in [2.75, 3.05) is 0 Å². The van der Waals surface area contributed by atoms with Gasteiger partial charge in [0.2, 0.25) is 0 Å². The third-order valence-corrected chi connectivity index (χ3v) is 6.08. The van der Waals surface area contributed by atoms with Crippen LogP contribution in [0.25, 0.3) is 11.6 Å². The standard InChI is InChI=1S/C18H20P/c1-3-8-16-15-10-6-5-9-14(15)13-17(16)18-11-7-12-19(18)4-2/h5-7,9-13H,3-4,8H2,1-2H3. The van der Waals surface area contributed by atoms with Crippen LogP contribution in [0.2, 0.25) is 0 Å². The minimum atomic E-state index is -0.0658. The van der Waals surface area contributed by atoms with Crippen molar-refractivity contribution >= 4 is 19.2 Å². The van der Waals surface area contributed by atoms with Crippen LogP contribution < -0.4 is 0 Å². The van der Waals surface area contributed by atoms with Gasteiger partial charge in [-0.15, -0.1) is 7.53 Å². The van der Waals surface area contributed by atoms with Crippen LogP contribution in [0.4, 0.5) is 0 Å². The smallest absolute Gasteiger partial charge is 0.0355 e. The molecule has 3 rings (SSSR count). The molecule has 0 fully saturated rings. The fourth-order valence-corrected chi connectivity index (χ4v) is 4.76. The van der Waals surface area contributed by atoms with E-state index in [0.29, 0.717) is 0 Å². The van der Waals surface area contributed by atoms with Crippen LogP contribution >= 0.6 is 7.53 Å². The molecule has 1 unspecified atom stereocenters. The molecule has 1 heterocycles. The highest BCUT2D eigenvalue weighted by Crippen LogP contribution is 2.50. The Bertz CT molecular complexity index is 604. The quantitative estimate of drug-likeness (QED) is 0.640. The molecule has 1 aromatic carbocycles. The van der Waals surface area contributed by atoms with Gasteiger partial charge in [0.25, 0.3) is 0 Å². The van der Waals surface area contributed by atoms with Crippen molar-refractivity contribution in [3.8, 4) is 0 Å². The highest BCUT2D eigenvalue weighted by molar-refractivity contribution is 7.49. The number of fused-ring (bicyclic) bond motifs is 1. The van der Waals surface area contributed by atoms with E-state index in [9.17, 15) is 0 Å². The number of aryl methyl sites for hydroxylation is 1. The number of hydrogen-bond donors (Lipinski definition) is 0. The Kier molecular flexibility index (Phi) is 3.62. The molecule has 0 spiro atoms. The second-order valence-corrected chi connectivity index (χ2v) is 7.41. The minimum absolute atomic E-state index is 0.0658. The second-order valence-electron chi connectivity index (χ2n) is 5.05. The van der Waals surface area contributed by atoms with E-state index in [2.05, 4.69) is 62.1 Å². The number of hydrogen-bond acceptors (Lipinski definition) is 0. The summed E-state index contributed by atoms with van der Waals surface area (Å²) >= 11 is 0.